The molecule has 0 fully saturated rings. The standard InChI is InChI=1S/C18H17FN4O3S/c1-9-10(2)27-18-16(9)17(25)21-14(22-18)7-15(24)23-20-8-11-4-5-13(26-3)12(19)6-11/h4-6,8H,7H2,1-3H3,(H,23,24)(H,21,22,25)/b20-8-. The van der Waals surface area contributed by atoms with Crippen molar-refractivity contribution in [2.75, 3.05) is 7.11 Å². The molecule has 0 aliphatic carbocycles. The molecule has 140 valence electrons. The van der Waals surface area contributed by atoms with Crippen LogP contribution in [-0.4, -0.2) is 29.2 Å². The second-order valence-electron chi connectivity index (χ2n) is 5.84. The van der Waals surface area contributed by atoms with E-state index in [2.05, 4.69) is 20.5 Å². The number of ether oxygens (including phenoxy) is 1. The van der Waals surface area contributed by atoms with Gasteiger partial charge < -0.3 is 9.72 Å². The second-order valence-corrected chi connectivity index (χ2v) is 7.04. The minimum Gasteiger partial charge on any atom is -0.494 e. The Kier molecular flexibility index (Phi) is 5.31. The zero-order chi connectivity index (χ0) is 19.6. The number of nitrogens with zero attached hydrogens (tertiary/aromatic N) is 2. The summed E-state index contributed by atoms with van der Waals surface area (Å²) in [6, 6.07) is 4.31. The number of hydrogen-bond donors (Lipinski definition) is 2. The molecule has 3 aromatic rings. The van der Waals surface area contributed by atoms with Gasteiger partial charge in [0.1, 0.15) is 10.7 Å². The van der Waals surface area contributed by atoms with E-state index in [1.54, 1.807) is 6.07 Å². The van der Waals surface area contributed by atoms with Gasteiger partial charge >= 0.3 is 0 Å². The molecule has 27 heavy (non-hydrogen) atoms. The highest BCUT2D eigenvalue weighted by molar-refractivity contribution is 7.18. The summed E-state index contributed by atoms with van der Waals surface area (Å²) in [5.41, 5.74) is 3.43. The van der Waals surface area contributed by atoms with Crippen LogP contribution in [0.15, 0.2) is 28.1 Å². The molecule has 2 N–H and O–H groups in total. The van der Waals surface area contributed by atoms with Gasteiger partial charge in [0, 0.05) is 4.88 Å². The number of halogens is 1. The lowest BCUT2D eigenvalue weighted by molar-refractivity contribution is -0.120. The molecule has 0 unspecified atom stereocenters. The smallest absolute Gasteiger partial charge is 0.259 e. The molecule has 0 aliphatic rings. The summed E-state index contributed by atoms with van der Waals surface area (Å²) in [7, 11) is 1.38. The van der Waals surface area contributed by atoms with Crippen molar-refractivity contribution in [2.24, 2.45) is 5.10 Å². The predicted octanol–water partition coefficient (Wildman–Crippen LogP) is 2.44. The Morgan fingerprint density at radius 1 is 1.44 bits per heavy atom. The molecule has 0 aliphatic heterocycles. The van der Waals surface area contributed by atoms with Crippen LogP contribution in [-0.2, 0) is 11.2 Å². The number of rotatable bonds is 5. The number of hydrogen-bond acceptors (Lipinski definition) is 6. The zero-order valence-corrected chi connectivity index (χ0v) is 15.7. The van der Waals surface area contributed by atoms with E-state index in [1.165, 1.54) is 36.8 Å². The molecule has 3 rings (SSSR count). The van der Waals surface area contributed by atoms with E-state index >= 15 is 0 Å². The number of aryl methyl sites for hydroxylation is 2. The molecule has 1 aromatic carbocycles. The van der Waals surface area contributed by atoms with Crippen molar-refractivity contribution in [1.82, 2.24) is 15.4 Å². The lowest BCUT2D eigenvalue weighted by Crippen LogP contribution is -2.23. The van der Waals surface area contributed by atoms with Crippen LogP contribution in [0.1, 0.15) is 21.8 Å². The van der Waals surface area contributed by atoms with Crippen LogP contribution in [0.25, 0.3) is 10.2 Å². The summed E-state index contributed by atoms with van der Waals surface area (Å²) in [6.07, 6.45) is 1.18. The summed E-state index contributed by atoms with van der Waals surface area (Å²) in [5.74, 6) is -0.588. The van der Waals surface area contributed by atoms with Crippen molar-refractivity contribution in [2.45, 2.75) is 20.3 Å². The molecule has 7 nitrogen and oxygen atoms in total. The first-order chi connectivity index (χ1) is 12.9. The molecule has 0 saturated heterocycles. The zero-order valence-electron chi connectivity index (χ0n) is 14.9. The molecular formula is C18H17FN4O3S. The largest absolute Gasteiger partial charge is 0.494 e. The van der Waals surface area contributed by atoms with Gasteiger partial charge in [-0.25, -0.2) is 14.8 Å². The first-order valence-electron chi connectivity index (χ1n) is 8.03. The summed E-state index contributed by atoms with van der Waals surface area (Å²) in [6.45, 7) is 3.79. The Labute approximate surface area is 157 Å². The van der Waals surface area contributed by atoms with Crippen LogP contribution in [0.2, 0.25) is 0 Å². The van der Waals surface area contributed by atoms with Gasteiger partial charge in [-0.3, -0.25) is 9.59 Å². The minimum absolute atomic E-state index is 0.126. The van der Waals surface area contributed by atoms with Gasteiger partial charge in [-0.2, -0.15) is 5.10 Å². The highest BCUT2D eigenvalue weighted by Crippen LogP contribution is 2.25. The Hall–Kier alpha value is -3.07. The topological polar surface area (TPSA) is 96.4 Å². The molecule has 2 aromatic heterocycles. The summed E-state index contributed by atoms with van der Waals surface area (Å²) < 4.78 is 18.4. The first-order valence-corrected chi connectivity index (χ1v) is 8.85. The normalized spacial score (nSPS) is 11.3. The lowest BCUT2D eigenvalue weighted by atomic mass is 10.2. The van der Waals surface area contributed by atoms with Crippen LogP contribution in [0.3, 0.4) is 0 Å². The summed E-state index contributed by atoms with van der Waals surface area (Å²) in [5, 5.41) is 4.34. The number of methoxy groups -OCH3 is 1. The number of nitrogens with one attached hydrogen (secondary N) is 2. The van der Waals surface area contributed by atoms with E-state index in [0.29, 0.717) is 15.8 Å². The van der Waals surface area contributed by atoms with Crippen LogP contribution < -0.4 is 15.7 Å². The summed E-state index contributed by atoms with van der Waals surface area (Å²) in [4.78, 5) is 32.8. The van der Waals surface area contributed by atoms with Crippen LogP contribution in [0, 0.1) is 19.7 Å². The molecule has 0 atom stereocenters. The highest BCUT2D eigenvalue weighted by Gasteiger charge is 2.13. The molecule has 0 radical (unpaired) electrons. The number of hydrazone groups is 1. The third kappa shape index (κ3) is 4.03. The van der Waals surface area contributed by atoms with E-state index in [1.807, 2.05) is 13.8 Å². The summed E-state index contributed by atoms with van der Waals surface area (Å²) >= 11 is 1.42. The van der Waals surface area contributed by atoms with Gasteiger partial charge in [0.2, 0.25) is 5.91 Å². The third-order valence-corrected chi connectivity index (χ3v) is 5.10. The molecule has 2 heterocycles. The van der Waals surface area contributed by atoms with E-state index in [-0.39, 0.29) is 23.6 Å². The first kappa shape index (κ1) is 18.7. The van der Waals surface area contributed by atoms with Crippen molar-refractivity contribution in [1.29, 1.82) is 0 Å². The number of H-pyrrole nitrogens is 1. The van der Waals surface area contributed by atoms with Crippen molar-refractivity contribution in [3.05, 3.63) is 56.2 Å². The van der Waals surface area contributed by atoms with Crippen LogP contribution >= 0.6 is 11.3 Å². The predicted molar refractivity (Wildman–Crippen MR) is 102 cm³/mol. The number of benzene rings is 1. The SMILES string of the molecule is COc1ccc(/C=N\NC(=O)Cc2nc3sc(C)c(C)c3c(=O)[nH]2)cc1F. The number of carbonyl (C=O) groups excluding carboxylic acids is 1. The average Bonchev–Trinajstić information content (AvgIpc) is 2.89. The van der Waals surface area contributed by atoms with E-state index in [4.69, 9.17) is 4.74 Å². The molecule has 0 bridgehead atoms. The van der Waals surface area contributed by atoms with E-state index in [0.717, 1.165) is 10.4 Å². The van der Waals surface area contributed by atoms with Crippen molar-refractivity contribution in [3.8, 4) is 5.75 Å². The Balaban J connectivity index is 1.68. The molecule has 9 heteroatoms. The van der Waals surface area contributed by atoms with E-state index < -0.39 is 11.7 Å². The van der Waals surface area contributed by atoms with Crippen LogP contribution in [0.5, 0.6) is 5.75 Å². The maximum Gasteiger partial charge on any atom is 0.259 e. The van der Waals surface area contributed by atoms with Crippen LogP contribution in [0.4, 0.5) is 4.39 Å². The second kappa shape index (κ2) is 7.67. The number of carbonyl (C=O) groups is 1. The minimum atomic E-state index is -0.524. The third-order valence-electron chi connectivity index (χ3n) is 3.99. The van der Waals surface area contributed by atoms with Crippen molar-refractivity contribution in [3.63, 3.8) is 0 Å². The number of aromatic amines is 1. The number of fused-ring (bicyclic) bond motifs is 1. The van der Waals surface area contributed by atoms with Gasteiger partial charge in [-0.05, 0) is 43.2 Å². The maximum absolute atomic E-state index is 13.6. The van der Waals surface area contributed by atoms with Crippen molar-refractivity contribution >= 4 is 33.7 Å². The highest BCUT2D eigenvalue weighted by atomic mass is 32.1. The van der Waals surface area contributed by atoms with Gasteiger partial charge in [-0.15, -0.1) is 11.3 Å². The Bertz CT molecular complexity index is 1100. The van der Waals surface area contributed by atoms with Gasteiger partial charge in [0.05, 0.1) is 25.1 Å². The maximum atomic E-state index is 13.6. The monoisotopic (exact) mass is 388 g/mol. The fourth-order valence-electron chi connectivity index (χ4n) is 2.52. The molecule has 1 amide bonds. The molecular weight excluding hydrogens is 371 g/mol. The molecule has 0 spiro atoms. The fourth-order valence-corrected chi connectivity index (χ4v) is 3.57. The fraction of sp³-hybridized carbons (Fsp3) is 0.222. The number of amides is 1. The number of thiophene rings is 1. The average molecular weight is 388 g/mol. The molecule has 0 saturated carbocycles. The van der Waals surface area contributed by atoms with Gasteiger partial charge in [0.25, 0.3) is 5.56 Å². The van der Waals surface area contributed by atoms with Crippen molar-refractivity contribution < 1.29 is 13.9 Å². The Morgan fingerprint density at radius 3 is 2.93 bits per heavy atom. The lowest BCUT2D eigenvalue weighted by Gasteiger charge is -2.02. The van der Waals surface area contributed by atoms with Gasteiger partial charge in [-0.1, -0.05) is 0 Å². The quantitative estimate of drug-likeness (QED) is 0.518. The Morgan fingerprint density at radius 2 is 2.22 bits per heavy atom. The van der Waals surface area contributed by atoms with E-state index in [9.17, 15) is 14.0 Å². The van der Waals surface area contributed by atoms with Gasteiger partial charge in [0.15, 0.2) is 11.6 Å². The number of aromatic nitrogens is 2.